The maximum Gasteiger partial charge on any atom is 0.228 e. The van der Waals surface area contributed by atoms with Crippen LogP contribution >= 0.6 is 11.6 Å². The fourth-order valence-corrected chi connectivity index (χ4v) is 2.91. The van der Waals surface area contributed by atoms with Gasteiger partial charge in [-0.3, -0.25) is 9.59 Å². The Hall–Kier alpha value is -2.40. The lowest BCUT2D eigenvalue weighted by atomic mass is 10.1. The molecule has 4 nitrogen and oxygen atoms in total. The molecule has 124 valence electrons. The van der Waals surface area contributed by atoms with E-state index in [9.17, 15) is 14.0 Å². The van der Waals surface area contributed by atoms with E-state index in [4.69, 9.17) is 11.6 Å². The highest BCUT2D eigenvalue weighted by molar-refractivity contribution is 6.34. The molecular formula is C18H16ClFN2O2. The zero-order valence-electron chi connectivity index (χ0n) is 13.0. The van der Waals surface area contributed by atoms with Gasteiger partial charge in [-0.05, 0) is 48.2 Å². The SMILES string of the molecule is CC(=O)Nc1ccc(NC(=O)[C@@H]2C[C@@H]2c2ccc(F)cc2)cc1Cl. The Labute approximate surface area is 144 Å². The molecule has 0 spiro atoms. The Morgan fingerprint density at radius 2 is 1.83 bits per heavy atom. The summed E-state index contributed by atoms with van der Waals surface area (Å²) >= 11 is 6.09. The minimum atomic E-state index is -0.283. The largest absolute Gasteiger partial charge is 0.326 e. The highest BCUT2D eigenvalue weighted by atomic mass is 35.5. The van der Waals surface area contributed by atoms with Crippen molar-refractivity contribution in [1.29, 1.82) is 0 Å². The predicted molar refractivity (Wildman–Crippen MR) is 91.6 cm³/mol. The highest BCUT2D eigenvalue weighted by Gasteiger charge is 2.43. The molecule has 2 aromatic carbocycles. The first-order valence-electron chi connectivity index (χ1n) is 7.57. The number of anilines is 2. The van der Waals surface area contributed by atoms with E-state index in [1.807, 2.05) is 0 Å². The van der Waals surface area contributed by atoms with Gasteiger partial charge in [0, 0.05) is 18.5 Å². The van der Waals surface area contributed by atoms with Gasteiger partial charge in [-0.1, -0.05) is 23.7 Å². The monoisotopic (exact) mass is 346 g/mol. The lowest BCUT2D eigenvalue weighted by molar-refractivity contribution is -0.117. The summed E-state index contributed by atoms with van der Waals surface area (Å²) < 4.78 is 12.9. The number of nitrogens with one attached hydrogen (secondary N) is 2. The molecule has 6 heteroatoms. The smallest absolute Gasteiger partial charge is 0.228 e. The van der Waals surface area contributed by atoms with Gasteiger partial charge in [0.15, 0.2) is 0 Å². The summed E-state index contributed by atoms with van der Waals surface area (Å²) in [6.07, 6.45) is 0.745. The summed E-state index contributed by atoms with van der Waals surface area (Å²) in [6.45, 7) is 1.40. The number of benzene rings is 2. The molecule has 0 aromatic heterocycles. The summed E-state index contributed by atoms with van der Waals surface area (Å²) in [5.41, 5.74) is 2.04. The normalized spacial score (nSPS) is 18.8. The second-order valence-electron chi connectivity index (χ2n) is 5.87. The Morgan fingerprint density at radius 1 is 1.12 bits per heavy atom. The van der Waals surface area contributed by atoms with Crippen LogP contribution in [0.4, 0.5) is 15.8 Å². The summed E-state index contributed by atoms with van der Waals surface area (Å²) in [5.74, 6) is -0.584. The average Bonchev–Trinajstić information content (AvgIpc) is 3.31. The minimum absolute atomic E-state index is 0.0901. The van der Waals surface area contributed by atoms with E-state index in [0.29, 0.717) is 16.4 Å². The predicted octanol–water partition coefficient (Wildman–Crippen LogP) is 4.18. The lowest BCUT2D eigenvalue weighted by Gasteiger charge is -2.09. The Balaban J connectivity index is 1.62. The zero-order chi connectivity index (χ0) is 17.3. The third-order valence-electron chi connectivity index (χ3n) is 3.97. The molecule has 24 heavy (non-hydrogen) atoms. The second-order valence-corrected chi connectivity index (χ2v) is 6.27. The summed E-state index contributed by atoms with van der Waals surface area (Å²) in [4.78, 5) is 23.4. The van der Waals surface area contributed by atoms with Crippen LogP contribution in [0.2, 0.25) is 5.02 Å². The molecule has 0 aliphatic heterocycles. The van der Waals surface area contributed by atoms with E-state index in [1.54, 1.807) is 30.3 Å². The standard InChI is InChI=1S/C18H16ClFN2O2/c1-10(23)21-17-7-6-13(8-16(17)19)22-18(24)15-9-14(15)11-2-4-12(20)5-3-11/h2-8,14-15H,9H2,1H3,(H,21,23)(H,22,24)/t14-,15-/m1/s1. The van der Waals surface area contributed by atoms with Crippen LogP contribution in [0.15, 0.2) is 42.5 Å². The fraction of sp³-hybridized carbons (Fsp3) is 0.222. The van der Waals surface area contributed by atoms with Crippen LogP contribution < -0.4 is 10.6 Å². The number of carbonyl (C=O) groups excluding carboxylic acids is 2. The van der Waals surface area contributed by atoms with Gasteiger partial charge >= 0.3 is 0 Å². The van der Waals surface area contributed by atoms with Gasteiger partial charge < -0.3 is 10.6 Å². The van der Waals surface area contributed by atoms with Crippen LogP contribution in [0.3, 0.4) is 0 Å². The summed E-state index contributed by atoms with van der Waals surface area (Å²) in [7, 11) is 0. The van der Waals surface area contributed by atoms with Gasteiger partial charge in [-0.15, -0.1) is 0 Å². The number of hydrogen-bond acceptors (Lipinski definition) is 2. The van der Waals surface area contributed by atoms with Crippen molar-refractivity contribution >= 4 is 34.8 Å². The topological polar surface area (TPSA) is 58.2 Å². The third kappa shape index (κ3) is 3.74. The molecule has 2 N–H and O–H groups in total. The van der Waals surface area contributed by atoms with Crippen LogP contribution in [0.25, 0.3) is 0 Å². The molecule has 2 atom stereocenters. The van der Waals surface area contributed by atoms with Crippen LogP contribution in [0, 0.1) is 11.7 Å². The molecular weight excluding hydrogens is 331 g/mol. The molecule has 0 bridgehead atoms. The Kier molecular flexibility index (Phi) is 4.53. The van der Waals surface area contributed by atoms with E-state index in [-0.39, 0.29) is 29.5 Å². The first-order chi connectivity index (χ1) is 11.4. The third-order valence-corrected chi connectivity index (χ3v) is 4.29. The van der Waals surface area contributed by atoms with E-state index >= 15 is 0 Å². The van der Waals surface area contributed by atoms with E-state index in [2.05, 4.69) is 10.6 Å². The van der Waals surface area contributed by atoms with Crippen molar-refractivity contribution in [2.75, 3.05) is 10.6 Å². The summed E-state index contributed by atoms with van der Waals surface area (Å²) in [6, 6.07) is 11.2. The molecule has 0 unspecified atom stereocenters. The molecule has 1 aliphatic rings. The van der Waals surface area contributed by atoms with Gasteiger partial charge in [0.05, 0.1) is 10.7 Å². The van der Waals surface area contributed by atoms with Gasteiger partial charge in [0.25, 0.3) is 0 Å². The molecule has 3 rings (SSSR count). The molecule has 1 aliphatic carbocycles. The molecule has 0 radical (unpaired) electrons. The molecule has 1 saturated carbocycles. The van der Waals surface area contributed by atoms with Crippen molar-refractivity contribution in [3.05, 3.63) is 58.9 Å². The quantitative estimate of drug-likeness (QED) is 0.872. The van der Waals surface area contributed by atoms with Crippen molar-refractivity contribution < 1.29 is 14.0 Å². The average molecular weight is 347 g/mol. The first-order valence-corrected chi connectivity index (χ1v) is 7.95. The van der Waals surface area contributed by atoms with E-state index in [0.717, 1.165) is 12.0 Å². The molecule has 0 heterocycles. The molecule has 2 aromatic rings. The van der Waals surface area contributed by atoms with Crippen LogP contribution in [0.1, 0.15) is 24.8 Å². The fourth-order valence-electron chi connectivity index (χ4n) is 2.68. The van der Waals surface area contributed by atoms with Crippen LogP contribution in [-0.2, 0) is 9.59 Å². The van der Waals surface area contributed by atoms with Crippen molar-refractivity contribution in [2.24, 2.45) is 5.92 Å². The van der Waals surface area contributed by atoms with Crippen molar-refractivity contribution in [3.63, 3.8) is 0 Å². The maximum atomic E-state index is 12.9. The maximum absolute atomic E-state index is 12.9. The number of halogens is 2. The number of amides is 2. The van der Waals surface area contributed by atoms with Crippen molar-refractivity contribution in [3.8, 4) is 0 Å². The Bertz CT molecular complexity index is 792. The minimum Gasteiger partial charge on any atom is -0.326 e. The lowest BCUT2D eigenvalue weighted by Crippen LogP contribution is -2.14. The van der Waals surface area contributed by atoms with Crippen molar-refractivity contribution in [1.82, 2.24) is 0 Å². The second kappa shape index (κ2) is 6.61. The van der Waals surface area contributed by atoms with E-state index < -0.39 is 0 Å². The van der Waals surface area contributed by atoms with Crippen LogP contribution in [-0.4, -0.2) is 11.8 Å². The van der Waals surface area contributed by atoms with Crippen LogP contribution in [0.5, 0.6) is 0 Å². The Morgan fingerprint density at radius 3 is 2.46 bits per heavy atom. The zero-order valence-corrected chi connectivity index (χ0v) is 13.7. The highest BCUT2D eigenvalue weighted by Crippen LogP contribution is 2.48. The number of hydrogen-bond donors (Lipinski definition) is 2. The van der Waals surface area contributed by atoms with Gasteiger partial charge in [0.1, 0.15) is 5.82 Å². The van der Waals surface area contributed by atoms with Gasteiger partial charge in [-0.25, -0.2) is 4.39 Å². The first kappa shape index (κ1) is 16.5. The molecule has 2 amide bonds. The summed E-state index contributed by atoms with van der Waals surface area (Å²) in [5, 5.41) is 5.79. The molecule has 1 fully saturated rings. The number of carbonyl (C=O) groups is 2. The molecule has 0 saturated heterocycles. The van der Waals surface area contributed by atoms with Gasteiger partial charge in [0.2, 0.25) is 11.8 Å². The van der Waals surface area contributed by atoms with Crippen molar-refractivity contribution in [2.45, 2.75) is 19.3 Å². The van der Waals surface area contributed by atoms with Gasteiger partial charge in [-0.2, -0.15) is 0 Å². The number of rotatable bonds is 4. The van der Waals surface area contributed by atoms with E-state index in [1.165, 1.54) is 19.1 Å².